The Hall–Kier alpha value is -3.10. The lowest BCUT2D eigenvalue weighted by molar-refractivity contribution is -0.131. The molecule has 0 bridgehead atoms. The van der Waals surface area contributed by atoms with Gasteiger partial charge in [0, 0.05) is 30.9 Å². The predicted molar refractivity (Wildman–Crippen MR) is 116 cm³/mol. The van der Waals surface area contributed by atoms with Crippen molar-refractivity contribution in [3.05, 3.63) is 66.3 Å². The summed E-state index contributed by atoms with van der Waals surface area (Å²) >= 11 is 0. The minimum absolute atomic E-state index is 0.222. The van der Waals surface area contributed by atoms with E-state index in [1.54, 1.807) is 13.2 Å². The molecule has 0 saturated carbocycles. The van der Waals surface area contributed by atoms with Crippen LogP contribution in [0.3, 0.4) is 0 Å². The second-order valence-electron chi connectivity index (χ2n) is 7.45. The predicted octanol–water partition coefficient (Wildman–Crippen LogP) is 4.47. The second-order valence-corrected chi connectivity index (χ2v) is 7.45. The monoisotopic (exact) mass is 430 g/mol. The summed E-state index contributed by atoms with van der Waals surface area (Å²) in [6.07, 6.45) is 1.17. The zero-order valence-electron chi connectivity index (χ0n) is 18.1. The smallest absolute Gasteiger partial charge is 0.185 e. The Bertz CT molecular complexity index is 930. The van der Waals surface area contributed by atoms with Gasteiger partial charge in [-0.05, 0) is 38.1 Å². The van der Waals surface area contributed by atoms with Gasteiger partial charge < -0.3 is 28.7 Å². The number of ether oxygens (including phenoxy) is 4. The van der Waals surface area contributed by atoms with E-state index in [-0.39, 0.29) is 18.5 Å². The summed E-state index contributed by atoms with van der Waals surface area (Å²) in [6.45, 7) is 8.11. The SMILES string of the molecule is C=C(OC)N(C)c1ccc(COc2cc(F)cc(O/N=C/[C@H]3COC(C)(C)O3)c2)cc1. The van der Waals surface area contributed by atoms with Crippen molar-refractivity contribution in [2.24, 2.45) is 5.16 Å². The standard InChI is InChI=1S/C23H27FN2O5/c1-16(27-5)26(4)19-8-6-17(7-9-19)14-28-20-10-18(24)11-21(12-20)31-25-13-22-15-29-23(2,3)30-22/h6-13,22H,1,14-15H2,2-5H3/b25-13+/t22-/m0/s1. The van der Waals surface area contributed by atoms with E-state index in [0.717, 1.165) is 11.3 Å². The minimum atomic E-state index is -0.651. The van der Waals surface area contributed by atoms with Crippen LogP contribution in [0, 0.1) is 5.82 Å². The lowest BCUT2D eigenvalue weighted by atomic mass is 10.2. The van der Waals surface area contributed by atoms with Gasteiger partial charge in [-0.3, -0.25) is 0 Å². The Morgan fingerprint density at radius 1 is 1.26 bits per heavy atom. The zero-order chi connectivity index (χ0) is 22.4. The van der Waals surface area contributed by atoms with Crippen LogP contribution in [0.1, 0.15) is 19.4 Å². The van der Waals surface area contributed by atoms with Gasteiger partial charge in [0.25, 0.3) is 0 Å². The van der Waals surface area contributed by atoms with E-state index < -0.39 is 11.6 Å². The van der Waals surface area contributed by atoms with Crippen molar-refractivity contribution in [2.45, 2.75) is 32.3 Å². The highest BCUT2D eigenvalue weighted by molar-refractivity contribution is 5.63. The van der Waals surface area contributed by atoms with Gasteiger partial charge in [0.1, 0.15) is 24.3 Å². The largest absolute Gasteiger partial charge is 0.489 e. The van der Waals surface area contributed by atoms with Crippen molar-refractivity contribution in [3.63, 3.8) is 0 Å². The molecule has 0 spiro atoms. The Kier molecular flexibility index (Phi) is 7.14. The van der Waals surface area contributed by atoms with Gasteiger partial charge in [-0.15, -0.1) is 0 Å². The van der Waals surface area contributed by atoms with Crippen LogP contribution in [-0.2, 0) is 20.8 Å². The van der Waals surface area contributed by atoms with Crippen LogP contribution >= 0.6 is 0 Å². The molecule has 31 heavy (non-hydrogen) atoms. The number of nitrogens with zero attached hydrogens (tertiary/aromatic N) is 2. The van der Waals surface area contributed by atoms with Crippen molar-refractivity contribution in [1.29, 1.82) is 0 Å². The van der Waals surface area contributed by atoms with Crippen molar-refractivity contribution in [3.8, 4) is 11.5 Å². The van der Waals surface area contributed by atoms with Gasteiger partial charge in [-0.25, -0.2) is 4.39 Å². The summed E-state index contributed by atoms with van der Waals surface area (Å²) < 4.78 is 35.8. The first-order valence-electron chi connectivity index (χ1n) is 9.77. The van der Waals surface area contributed by atoms with E-state index in [4.69, 9.17) is 23.8 Å². The fourth-order valence-electron chi connectivity index (χ4n) is 2.88. The third-order valence-corrected chi connectivity index (χ3v) is 4.60. The molecule has 1 fully saturated rings. The average molecular weight is 430 g/mol. The number of benzene rings is 2. The van der Waals surface area contributed by atoms with Crippen LogP contribution in [0.4, 0.5) is 10.1 Å². The van der Waals surface area contributed by atoms with Crippen LogP contribution < -0.4 is 14.5 Å². The molecule has 166 valence electrons. The normalized spacial score (nSPS) is 17.5. The number of halogens is 1. The summed E-state index contributed by atoms with van der Waals surface area (Å²) in [5, 5.41) is 3.86. The molecule has 8 heteroatoms. The van der Waals surface area contributed by atoms with Gasteiger partial charge in [-0.2, -0.15) is 0 Å². The van der Waals surface area contributed by atoms with E-state index >= 15 is 0 Å². The van der Waals surface area contributed by atoms with E-state index in [1.807, 2.05) is 50.1 Å². The molecule has 3 rings (SSSR count). The lowest BCUT2D eigenvalue weighted by Gasteiger charge is -2.20. The quantitative estimate of drug-likeness (QED) is 0.332. The molecule has 7 nitrogen and oxygen atoms in total. The molecule has 0 radical (unpaired) electrons. The van der Waals surface area contributed by atoms with E-state index in [9.17, 15) is 4.39 Å². The van der Waals surface area contributed by atoms with E-state index in [1.165, 1.54) is 18.3 Å². The topological polar surface area (TPSA) is 61.8 Å². The summed E-state index contributed by atoms with van der Waals surface area (Å²) in [4.78, 5) is 7.10. The van der Waals surface area contributed by atoms with Gasteiger partial charge >= 0.3 is 0 Å². The highest BCUT2D eigenvalue weighted by Gasteiger charge is 2.31. The highest BCUT2D eigenvalue weighted by Crippen LogP contribution is 2.25. The molecule has 0 aromatic heterocycles. The van der Waals surface area contributed by atoms with Gasteiger partial charge in [0.05, 0.1) is 19.9 Å². The molecule has 1 aliphatic rings. The molecule has 1 heterocycles. The number of hydrogen-bond acceptors (Lipinski definition) is 7. The number of methoxy groups -OCH3 is 1. The molecule has 0 N–H and O–H groups in total. The molecular formula is C23H27FN2O5. The first-order chi connectivity index (χ1) is 14.8. The Balaban J connectivity index is 1.56. The molecule has 0 unspecified atom stereocenters. The second kappa shape index (κ2) is 9.80. The number of hydrogen-bond donors (Lipinski definition) is 0. The third kappa shape index (κ3) is 6.44. The van der Waals surface area contributed by atoms with Gasteiger partial charge in [0.15, 0.2) is 17.4 Å². The first kappa shape index (κ1) is 22.6. The van der Waals surface area contributed by atoms with Crippen molar-refractivity contribution in [1.82, 2.24) is 0 Å². The molecular weight excluding hydrogens is 403 g/mol. The molecule has 2 aromatic rings. The summed E-state index contributed by atoms with van der Waals surface area (Å²) in [7, 11) is 3.43. The molecule has 1 atom stereocenters. The van der Waals surface area contributed by atoms with Crippen LogP contribution in [0.25, 0.3) is 0 Å². The Morgan fingerprint density at radius 2 is 1.97 bits per heavy atom. The number of rotatable bonds is 9. The van der Waals surface area contributed by atoms with E-state index in [2.05, 4.69) is 11.7 Å². The van der Waals surface area contributed by atoms with Crippen LogP contribution in [-0.4, -0.2) is 38.9 Å². The molecule has 1 saturated heterocycles. The maximum atomic E-state index is 14.0. The van der Waals surface area contributed by atoms with Crippen LogP contribution in [0.15, 0.2) is 60.1 Å². The fourth-order valence-corrected chi connectivity index (χ4v) is 2.88. The summed E-state index contributed by atoms with van der Waals surface area (Å²) in [5.41, 5.74) is 1.85. The average Bonchev–Trinajstić information content (AvgIpc) is 3.09. The van der Waals surface area contributed by atoms with Crippen molar-refractivity contribution < 1.29 is 28.2 Å². The van der Waals surface area contributed by atoms with Gasteiger partial charge in [-0.1, -0.05) is 17.3 Å². The summed E-state index contributed by atoms with van der Waals surface area (Å²) in [6, 6.07) is 11.8. The molecule has 1 aliphatic heterocycles. The first-order valence-corrected chi connectivity index (χ1v) is 9.77. The zero-order valence-corrected chi connectivity index (χ0v) is 18.1. The fraction of sp³-hybridized carbons (Fsp3) is 0.348. The molecule has 0 amide bonds. The highest BCUT2D eigenvalue weighted by atomic mass is 19.1. The number of oxime groups is 1. The van der Waals surface area contributed by atoms with Gasteiger partial charge in [0.2, 0.25) is 0 Å². The Labute approximate surface area is 181 Å². The van der Waals surface area contributed by atoms with Crippen molar-refractivity contribution in [2.75, 3.05) is 25.7 Å². The maximum absolute atomic E-state index is 14.0. The lowest BCUT2D eigenvalue weighted by Crippen LogP contribution is -2.22. The third-order valence-electron chi connectivity index (χ3n) is 4.60. The molecule has 2 aromatic carbocycles. The van der Waals surface area contributed by atoms with Crippen molar-refractivity contribution >= 4 is 11.9 Å². The molecule has 0 aliphatic carbocycles. The van der Waals surface area contributed by atoms with Crippen LogP contribution in [0.5, 0.6) is 11.5 Å². The minimum Gasteiger partial charge on any atom is -0.489 e. The maximum Gasteiger partial charge on any atom is 0.185 e. The number of anilines is 1. The van der Waals surface area contributed by atoms with E-state index in [0.29, 0.717) is 18.2 Å². The Morgan fingerprint density at radius 3 is 2.61 bits per heavy atom. The summed E-state index contributed by atoms with van der Waals surface area (Å²) in [5.74, 6) is -0.0451. The van der Waals surface area contributed by atoms with Crippen LogP contribution in [0.2, 0.25) is 0 Å².